The number of ether oxygens (including phenoxy) is 1. The number of hydrogen-bond acceptors (Lipinski definition) is 4. The number of benzene rings is 2. The molecule has 6 rings (SSSR count). The van der Waals surface area contributed by atoms with Gasteiger partial charge in [0, 0.05) is 30.2 Å². The van der Waals surface area contributed by atoms with Crippen LogP contribution in [0.4, 0.5) is 23.7 Å². The first-order valence-corrected chi connectivity index (χ1v) is 10.5. The molecule has 1 aliphatic heterocycles. The Hall–Kier alpha value is -3.82. The number of carbonyl (C=O) groups is 1. The van der Waals surface area contributed by atoms with Crippen molar-refractivity contribution < 1.29 is 22.7 Å². The number of carbonyl (C=O) groups excluding carboxylic acids is 1. The smallest absolute Gasteiger partial charge is 0.415 e. The molecule has 0 radical (unpaired) electrons. The molecule has 2 aliphatic rings. The van der Waals surface area contributed by atoms with Crippen LogP contribution in [0.25, 0.3) is 22.2 Å². The van der Waals surface area contributed by atoms with Gasteiger partial charge in [0.1, 0.15) is 18.5 Å². The minimum absolute atomic E-state index is 0.0178. The predicted octanol–water partition coefficient (Wildman–Crippen LogP) is 5.23. The molecule has 0 spiro atoms. The van der Waals surface area contributed by atoms with E-state index in [2.05, 4.69) is 15.1 Å². The van der Waals surface area contributed by atoms with Crippen LogP contribution >= 0.6 is 0 Å². The van der Waals surface area contributed by atoms with Gasteiger partial charge in [-0.2, -0.15) is 5.10 Å². The van der Waals surface area contributed by atoms with Crippen molar-refractivity contribution >= 4 is 22.8 Å². The van der Waals surface area contributed by atoms with Crippen molar-refractivity contribution in [1.82, 2.24) is 19.7 Å². The van der Waals surface area contributed by atoms with Crippen LogP contribution in [-0.4, -0.2) is 38.4 Å². The van der Waals surface area contributed by atoms with Crippen molar-refractivity contribution in [2.45, 2.75) is 30.8 Å². The summed E-state index contributed by atoms with van der Waals surface area (Å²) in [5.74, 6) is -3.13. The van der Waals surface area contributed by atoms with E-state index in [1.807, 2.05) is 0 Å². The van der Waals surface area contributed by atoms with Crippen molar-refractivity contribution in [3.05, 3.63) is 66.5 Å². The maximum atomic E-state index is 15.2. The molecule has 3 heterocycles. The summed E-state index contributed by atoms with van der Waals surface area (Å²) in [6, 6.07) is 9.03. The normalized spacial score (nSPS) is 20.3. The fourth-order valence-corrected chi connectivity index (χ4v) is 4.49. The molecule has 1 aliphatic carbocycles. The summed E-state index contributed by atoms with van der Waals surface area (Å²) in [7, 11) is 0. The zero-order valence-corrected chi connectivity index (χ0v) is 17.2. The van der Waals surface area contributed by atoms with Crippen LogP contribution in [0, 0.1) is 5.82 Å². The lowest BCUT2D eigenvalue weighted by atomic mass is 9.88. The van der Waals surface area contributed by atoms with Crippen LogP contribution in [0.3, 0.4) is 0 Å². The van der Waals surface area contributed by atoms with E-state index in [1.54, 1.807) is 49.1 Å². The quantitative estimate of drug-likeness (QED) is 0.459. The van der Waals surface area contributed by atoms with Gasteiger partial charge >= 0.3 is 6.09 Å². The largest absolute Gasteiger partial charge is 0.447 e. The van der Waals surface area contributed by atoms with E-state index in [1.165, 1.54) is 15.6 Å². The van der Waals surface area contributed by atoms with Crippen molar-refractivity contribution in [1.29, 1.82) is 0 Å². The molecule has 0 bridgehead atoms. The minimum atomic E-state index is -2.64. The third-order valence-corrected chi connectivity index (χ3v) is 6.29. The SMILES string of the molecule is O=C1OCC(c2ccc(-c3cnn(C4CC(F)(F)C4)c3)cc2F)N1c1ccc2nc[nH]c2c1. The number of halogens is 3. The van der Waals surface area contributed by atoms with E-state index in [9.17, 15) is 13.6 Å². The summed E-state index contributed by atoms with van der Waals surface area (Å²) < 4.78 is 48.3. The monoisotopic (exact) mass is 453 g/mol. The topological polar surface area (TPSA) is 76.0 Å². The Morgan fingerprint density at radius 2 is 1.97 bits per heavy atom. The Labute approximate surface area is 185 Å². The summed E-state index contributed by atoms with van der Waals surface area (Å²) in [5.41, 5.74) is 3.61. The summed E-state index contributed by atoms with van der Waals surface area (Å²) in [4.78, 5) is 21.1. The summed E-state index contributed by atoms with van der Waals surface area (Å²) in [5, 5.41) is 4.17. The van der Waals surface area contributed by atoms with Crippen LogP contribution in [0.5, 0.6) is 0 Å². The summed E-state index contributed by atoms with van der Waals surface area (Å²) in [6.45, 7) is 0.0178. The number of hydrogen-bond donors (Lipinski definition) is 1. The molecule has 1 unspecified atom stereocenters. The number of anilines is 1. The number of nitrogens with one attached hydrogen (secondary N) is 1. The molecule has 4 aromatic rings. The first kappa shape index (κ1) is 19.8. The van der Waals surface area contributed by atoms with Gasteiger partial charge in [0.15, 0.2) is 0 Å². The molecule has 33 heavy (non-hydrogen) atoms. The first-order valence-electron chi connectivity index (χ1n) is 10.5. The summed E-state index contributed by atoms with van der Waals surface area (Å²) in [6.07, 6.45) is 3.72. The van der Waals surface area contributed by atoms with E-state index in [-0.39, 0.29) is 25.5 Å². The van der Waals surface area contributed by atoms with Crippen LogP contribution in [0.15, 0.2) is 55.1 Å². The average molecular weight is 453 g/mol. The molecule has 7 nitrogen and oxygen atoms in total. The van der Waals surface area contributed by atoms with Crippen LogP contribution in [0.2, 0.25) is 0 Å². The molecular weight excluding hydrogens is 435 g/mol. The molecule has 1 atom stereocenters. The number of cyclic esters (lactones) is 1. The van der Waals surface area contributed by atoms with Crippen molar-refractivity contribution in [3.8, 4) is 11.1 Å². The van der Waals surface area contributed by atoms with Gasteiger partial charge in [0.2, 0.25) is 0 Å². The highest BCUT2D eigenvalue weighted by atomic mass is 19.3. The van der Waals surface area contributed by atoms with Crippen LogP contribution in [-0.2, 0) is 4.74 Å². The number of fused-ring (bicyclic) bond motifs is 1. The Balaban J connectivity index is 1.28. The Morgan fingerprint density at radius 3 is 2.76 bits per heavy atom. The van der Waals surface area contributed by atoms with Gasteiger partial charge in [-0.1, -0.05) is 12.1 Å². The third-order valence-electron chi connectivity index (χ3n) is 6.29. The predicted molar refractivity (Wildman–Crippen MR) is 114 cm³/mol. The van der Waals surface area contributed by atoms with E-state index >= 15 is 4.39 Å². The number of amides is 1. The summed E-state index contributed by atoms with van der Waals surface area (Å²) >= 11 is 0. The van der Waals surface area contributed by atoms with Gasteiger partial charge in [-0.15, -0.1) is 0 Å². The third kappa shape index (κ3) is 3.33. The number of nitrogens with zero attached hydrogens (tertiary/aromatic N) is 4. The van der Waals surface area contributed by atoms with Gasteiger partial charge in [0.25, 0.3) is 5.92 Å². The number of rotatable bonds is 4. The van der Waals surface area contributed by atoms with E-state index in [4.69, 9.17) is 4.74 Å². The fraction of sp³-hybridized carbons (Fsp3) is 0.261. The van der Waals surface area contributed by atoms with Crippen molar-refractivity contribution in [3.63, 3.8) is 0 Å². The van der Waals surface area contributed by atoms with E-state index in [0.29, 0.717) is 22.4 Å². The Kier molecular flexibility index (Phi) is 4.26. The molecule has 1 N–H and O–H groups in total. The maximum Gasteiger partial charge on any atom is 0.415 e. The van der Waals surface area contributed by atoms with Crippen LogP contribution < -0.4 is 4.90 Å². The molecule has 1 saturated heterocycles. The van der Waals surface area contributed by atoms with Crippen molar-refractivity contribution in [2.75, 3.05) is 11.5 Å². The molecule has 10 heteroatoms. The number of aromatic nitrogens is 4. The van der Waals surface area contributed by atoms with Gasteiger partial charge in [-0.05, 0) is 29.8 Å². The number of aromatic amines is 1. The molecule has 2 fully saturated rings. The lowest BCUT2D eigenvalue weighted by molar-refractivity contribution is -0.106. The Bertz CT molecular complexity index is 1370. The second kappa shape index (κ2) is 7.09. The van der Waals surface area contributed by atoms with Gasteiger partial charge in [-0.25, -0.2) is 22.9 Å². The minimum Gasteiger partial charge on any atom is -0.447 e. The lowest BCUT2D eigenvalue weighted by Gasteiger charge is -2.34. The highest BCUT2D eigenvalue weighted by Gasteiger charge is 2.46. The first-order chi connectivity index (χ1) is 15.9. The van der Waals surface area contributed by atoms with E-state index < -0.39 is 23.9 Å². The molecular formula is C23H18F3N5O2. The molecule has 2 aromatic carbocycles. The van der Waals surface area contributed by atoms with Gasteiger partial charge in [-0.3, -0.25) is 9.58 Å². The zero-order valence-electron chi connectivity index (χ0n) is 17.2. The highest BCUT2D eigenvalue weighted by Crippen LogP contribution is 2.45. The molecule has 1 saturated carbocycles. The number of imidazole rings is 1. The zero-order chi connectivity index (χ0) is 22.7. The number of alkyl halides is 2. The second-order valence-corrected chi connectivity index (χ2v) is 8.43. The fourth-order valence-electron chi connectivity index (χ4n) is 4.49. The molecule has 168 valence electrons. The standard InChI is InChI=1S/C23H18F3N5O2/c24-18-5-13(14-9-29-30(10-14)16-7-23(25,26)8-16)1-3-17(18)21-11-33-22(32)31(21)15-2-4-19-20(6-15)28-12-27-19/h1-6,9-10,12,16,21H,7-8,11H2,(H,27,28). The second-order valence-electron chi connectivity index (χ2n) is 8.43. The van der Waals surface area contributed by atoms with E-state index in [0.717, 1.165) is 11.0 Å². The molecule has 2 aromatic heterocycles. The molecule has 1 amide bonds. The number of H-pyrrole nitrogens is 1. The lowest BCUT2D eigenvalue weighted by Crippen LogP contribution is -2.37. The van der Waals surface area contributed by atoms with Gasteiger partial charge in [0.05, 0.1) is 35.3 Å². The van der Waals surface area contributed by atoms with Crippen molar-refractivity contribution in [2.24, 2.45) is 0 Å². The maximum absolute atomic E-state index is 15.2. The van der Waals surface area contributed by atoms with Crippen LogP contribution in [0.1, 0.15) is 30.5 Å². The van der Waals surface area contributed by atoms with Gasteiger partial charge < -0.3 is 9.72 Å². The highest BCUT2D eigenvalue weighted by molar-refractivity contribution is 5.93. The average Bonchev–Trinajstić information content (AvgIpc) is 3.51. The Morgan fingerprint density at radius 1 is 1.12 bits per heavy atom.